The monoisotopic (exact) mass is 368 g/mol. The van der Waals surface area contributed by atoms with E-state index in [9.17, 15) is 20.0 Å². The molecule has 0 saturated carbocycles. The largest absolute Gasteiger partial charge is 0.506 e. The van der Waals surface area contributed by atoms with Gasteiger partial charge in [-0.05, 0) is 35.4 Å². The molecule has 0 atom stereocenters. The first-order valence-electron chi connectivity index (χ1n) is 7.59. The van der Waals surface area contributed by atoms with Crippen molar-refractivity contribution in [1.29, 1.82) is 0 Å². The van der Waals surface area contributed by atoms with Crippen LogP contribution in [0.4, 0.5) is 11.4 Å². The molecule has 3 aromatic rings. The number of amides is 1. The van der Waals surface area contributed by atoms with Gasteiger partial charge in [-0.3, -0.25) is 14.9 Å². The third-order valence-electron chi connectivity index (χ3n) is 3.76. The van der Waals surface area contributed by atoms with Gasteiger partial charge in [0.25, 0.3) is 11.6 Å². The molecule has 0 aliphatic rings. The summed E-state index contributed by atoms with van der Waals surface area (Å²) >= 11 is 5.76. The Morgan fingerprint density at radius 2 is 1.73 bits per heavy atom. The fourth-order valence-corrected chi connectivity index (χ4v) is 2.62. The quantitative estimate of drug-likeness (QED) is 0.390. The molecule has 0 radical (unpaired) electrons. The van der Waals surface area contributed by atoms with E-state index in [1.165, 1.54) is 18.2 Å². The van der Waals surface area contributed by atoms with Crippen molar-refractivity contribution in [1.82, 2.24) is 0 Å². The molecule has 0 unspecified atom stereocenters. The minimum atomic E-state index is -0.660. The standard InChI is InChI=1S/C19H13ClN2O4/c20-15-8-6-14(11-17(15)22(25)26)19(24)21-16-10-13(7-9-18(16)23)12-4-2-1-3-5-12/h1-11,23H,(H,21,24). The minimum Gasteiger partial charge on any atom is -0.506 e. The van der Waals surface area contributed by atoms with Crippen molar-refractivity contribution in [3.05, 3.63) is 87.4 Å². The smallest absolute Gasteiger partial charge is 0.288 e. The summed E-state index contributed by atoms with van der Waals surface area (Å²) in [5.74, 6) is -0.702. The molecular weight excluding hydrogens is 356 g/mol. The minimum absolute atomic E-state index is 0.0551. The van der Waals surface area contributed by atoms with Gasteiger partial charge in [-0.15, -0.1) is 0 Å². The van der Waals surface area contributed by atoms with Crippen molar-refractivity contribution < 1.29 is 14.8 Å². The number of nitro benzene ring substituents is 1. The lowest BCUT2D eigenvalue weighted by atomic mass is 10.0. The number of nitrogens with zero attached hydrogens (tertiary/aromatic N) is 1. The highest BCUT2D eigenvalue weighted by atomic mass is 35.5. The summed E-state index contributed by atoms with van der Waals surface area (Å²) in [5, 5.41) is 23.5. The lowest BCUT2D eigenvalue weighted by Crippen LogP contribution is -2.12. The average Bonchev–Trinajstić information content (AvgIpc) is 2.64. The predicted octanol–water partition coefficient (Wildman–Crippen LogP) is 4.87. The third-order valence-corrected chi connectivity index (χ3v) is 4.08. The van der Waals surface area contributed by atoms with Crippen LogP contribution in [0.1, 0.15) is 10.4 Å². The molecule has 7 heteroatoms. The summed E-state index contributed by atoms with van der Waals surface area (Å²) in [5.41, 5.74) is 1.63. The van der Waals surface area contributed by atoms with E-state index in [0.29, 0.717) is 0 Å². The third kappa shape index (κ3) is 3.65. The summed E-state index contributed by atoms with van der Waals surface area (Å²) in [6.07, 6.45) is 0. The van der Waals surface area contributed by atoms with E-state index in [1.807, 2.05) is 30.3 Å². The molecule has 3 aromatic carbocycles. The molecule has 0 fully saturated rings. The lowest BCUT2D eigenvalue weighted by Gasteiger charge is -2.10. The number of halogens is 1. The molecule has 6 nitrogen and oxygen atoms in total. The van der Waals surface area contributed by atoms with Gasteiger partial charge in [-0.1, -0.05) is 48.0 Å². The number of phenolic OH excluding ortho intramolecular Hbond substituents is 1. The number of carbonyl (C=O) groups excluding carboxylic acids is 1. The molecule has 0 aromatic heterocycles. The van der Waals surface area contributed by atoms with Crippen molar-refractivity contribution in [2.45, 2.75) is 0 Å². The number of nitro groups is 1. The van der Waals surface area contributed by atoms with Crippen LogP contribution in [0.3, 0.4) is 0 Å². The number of carbonyl (C=O) groups is 1. The maximum atomic E-state index is 12.4. The maximum absolute atomic E-state index is 12.4. The zero-order valence-corrected chi connectivity index (χ0v) is 14.1. The fraction of sp³-hybridized carbons (Fsp3) is 0. The molecule has 0 heterocycles. The number of benzene rings is 3. The molecule has 0 saturated heterocycles. The van der Waals surface area contributed by atoms with Gasteiger partial charge in [0.1, 0.15) is 10.8 Å². The Kier molecular flexibility index (Phi) is 4.86. The number of nitrogens with one attached hydrogen (secondary N) is 1. The normalized spacial score (nSPS) is 10.3. The molecule has 2 N–H and O–H groups in total. The highest BCUT2D eigenvalue weighted by molar-refractivity contribution is 6.32. The van der Waals surface area contributed by atoms with Gasteiger partial charge in [-0.2, -0.15) is 0 Å². The lowest BCUT2D eigenvalue weighted by molar-refractivity contribution is -0.384. The molecule has 0 aliphatic carbocycles. The van der Waals surface area contributed by atoms with Gasteiger partial charge in [-0.25, -0.2) is 0 Å². The van der Waals surface area contributed by atoms with Crippen molar-refractivity contribution in [2.75, 3.05) is 5.32 Å². The van der Waals surface area contributed by atoms with Crippen molar-refractivity contribution in [2.24, 2.45) is 0 Å². The first kappa shape index (κ1) is 17.4. The summed E-state index contributed by atoms with van der Waals surface area (Å²) in [6.45, 7) is 0. The van der Waals surface area contributed by atoms with Gasteiger partial charge < -0.3 is 10.4 Å². The van der Waals surface area contributed by atoms with E-state index in [2.05, 4.69) is 5.32 Å². The first-order chi connectivity index (χ1) is 12.5. The molecule has 3 rings (SSSR count). The number of rotatable bonds is 4. The van der Waals surface area contributed by atoms with Crippen LogP contribution in [0.15, 0.2) is 66.7 Å². The Morgan fingerprint density at radius 3 is 2.42 bits per heavy atom. The van der Waals surface area contributed by atoms with Gasteiger partial charge in [0, 0.05) is 11.6 Å². The summed E-state index contributed by atoms with van der Waals surface area (Å²) in [6, 6.07) is 18.1. The van der Waals surface area contributed by atoms with Crippen LogP contribution in [0, 0.1) is 10.1 Å². The van der Waals surface area contributed by atoms with Crippen LogP contribution in [0.25, 0.3) is 11.1 Å². The molecule has 0 spiro atoms. The van der Waals surface area contributed by atoms with E-state index in [0.717, 1.165) is 17.2 Å². The van der Waals surface area contributed by atoms with Gasteiger partial charge in [0.05, 0.1) is 10.6 Å². The van der Waals surface area contributed by atoms with Gasteiger partial charge in [0.2, 0.25) is 0 Å². The summed E-state index contributed by atoms with van der Waals surface area (Å²) in [4.78, 5) is 22.7. The number of aromatic hydroxyl groups is 1. The van der Waals surface area contributed by atoms with Crippen molar-refractivity contribution in [3.8, 4) is 16.9 Å². The van der Waals surface area contributed by atoms with Crippen molar-refractivity contribution >= 4 is 28.9 Å². The number of hydrogen-bond acceptors (Lipinski definition) is 4. The van der Waals surface area contributed by atoms with E-state index >= 15 is 0 Å². The van der Waals surface area contributed by atoms with Crippen LogP contribution in [0.2, 0.25) is 5.02 Å². The zero-order chi connectivity index (χ0) is 18.7. The number of phenols is 1. The highest BCUT2D eigenvalue weighted by Crippen LogP contribution is 2.31. The topological polar surface area (TPSA) is 92.5 Å². The molecule has 0 aliphatic heterocycles. The maximum Gasteiger partial charge on any atom is 0.288 e. The van der Waals surface area contributed by atoms with E-state index in [-0.39, 0.29) is 27.7 Å². The Hall–Kier alpha value is -3.38. The summed E-state index contributed by atoms with van der Waals surface area (Å²) < 4.78 is 0. The molecule has 130 valence electrons. The van der Waals surface area contributed by atoms with Crippen LogP contribution in [-0.2, 0) is 0 Å². The molecule has 1 amide bonds. The SMILES string of the molecule is O=C(Nc1cc(-c2ccccc2)ccc1O)c1ccc(Cl)c([N+](=O)[O-])c1. The van der Waals surface area contributed by atoms with Crippen molar-refractivity contribution in [3.63, 3.8) is 0 Å². The Bertz CT molecular complexity index is 990. The molecule has 0 bridgehead atoms. The zero-order valence-electron chi connectivity index (χ0n) is 13.3. The Balaban J connectivity index is 1.90. The van der Waals surface area contributed by atoms with Gasteiger partial charge in [0.15, 0.2) is 0 Å². The second kappa shape index (κ2) is 7.25. The van der Waals surface area contributed by atoms with Crippen LogP contribution in [0.5, 0.6) is 5.75 Å². The second-order valence-corrected chi connectivity index (χ2v) is 5.88. The fourth-order valence-electron chi connectivity index (χ4n) is 2.43. The highest BCUT2D eigenvalue weighted by Gasteiger charge is 2.17. The number of anilines is 1. The predicted molar refractivity (Wildman–Crippen MR) is 99.6 cm³/mol. The van der Waals surface area contributed by atoms with E-state index < -0.39 is 10.8 Å². The number of hydrogen-bond donors (Lipinski definition) is 2. The van der Waals surface area contributed by atoms with Crippen LogP contribution >= 0.6 is 11.6 Å². The molecule has 26 heavy (non-hydrogen) atoms. The second-order valence-electron chi connectivity index (χ2n) is 5.48. The van der Waals surface area contributed by atoms with Gasteiger partial charge >= 0.3 is 0 Å². The molecular formula is C19H13ClN2O4. The Labute approximate surface area is 153 Å². The Morgan fingerprint density at radius 1 is 1.00 bits per heavy atom. The van der Waals surface area contributed by atoms with Crippen LogP contribution in [-0.4, -0.2) is 15.9 Å². The summed E-state index contributed by atoms with van der Waals surface area (Å²) in [7, 11) is 0. The van der Waals surface area contributed by atoms with Crippen LogP contribution < -0.4 is 5.32 Å². The first-order valence-corrected chi connectivity index (χ1v) is 7.97. The van der Waals surface area contributed by atoms with E-state index in [4.69, 9.17) is 11.6 Å². The van der Waals surface area contributed by atoms with E-state index in [1.54, 1.807) is 12.1 Å². The average molecular weight is 369 g/mol.